The quantitative estimate of drug-likeness (QED) is 0.812. The van der Waals surface area contributed by atoms with Crippen LogP contribution in [0.15, 0.2) is 30.3 Å². The van der Waals surface area contributed by atoms with Gasteiger partial charge in [0.15, 0.2) is 0 Å². The summed E-state index contributed by atoms with van der Waals surface area (Å²) in [7, 11) is 0. The summed E-state index contributed by atoms with van der Waals surface area (Å²) >= 11 is 0. The third-order valence-electron chi connectivity index (χ3n) is 3.20. The molecule has 1 aliphatic rings. The van der Waals surface area contributed by atoms with Gasteiger partial charge in [0.2, 0.25) is 5.91 Å². The highest BCUT2D eigenvalue weighted by atomic mass is 16.5. The minimum atomic E-state index is -0.439. The first-order valence-corrected chi connectivity index (χ1v) is 6.43. The number of carbonyl (C=O) groups excluding carboxylic acids is 1. The minimum absolute atomic E-state index is 0.0681. The van der Waals surface area contributed by atoms with Crippen LogP contribution in [0.5, 0.6) is 0 Å². The van der Waals surface area contributed by atoms with E-state index in [4.69, 9.17) is 10.5 Å². The lowest BCUT2D eigenvalue weighted by Crippen LogP contribution is -2.45. The molecule has 18 heavy (non-hydrogen) atoms. The maximum atomic E-state index is 11.8. The van der Waals surface area contributed by atoms with Crippen molar-refractivity contribution in [3.05, 3.63) is 35.9 Å². The van der Waals surface area contributed by atoms with Gasteiger partial charge >= 0.3 is 0 Å². The molecule has 98 valence electrons. The van der Waals surface area contributed by atoms with E-state index in [0.717, 1.165) is 19.4 Å². The maximum Gasteiger partial charge on any atom is 0.237 e. The summed E-state index contributed by atoms with van der Waals surface area (Å²) in [5.74, 6) is -0.0681. The molecule has 2 atom stereocenters. The predicted molar refractivity (Wildman–Crippen MR) is 70.1 cm³/mol. The van der Waals surface area contributed by atoms with Gasteiger partial charge in [-0.25, -0.2) is 0 Å². The van der Waals surface area contributed by atoms with Gasteiger partial charge in [-0.3, -0.25) is 4.79 Å². The van der Waals surface area contributed by atoms with Crippen molar-refractivity contribution < 1.29 is 9.53 Å². The molecule has 1 heterocycles. The van der Waals surface area contributed by atoms with Crippen LogP contribution in [-0.4, -0.2) is 31.2 Å². The Morgan fingerprint density at radius 2 is 2.22 bits per heavy atom. The Balaban J connectivity index is 1.73. The summed E-state index contributed by atoms with van der Waals surface area (Å²) in [6.07, 6.45) is 2.39. The lowest BCUT2D eigenvalue weighted by Gasteiger charge is -2.15. The van der Waals surface area contributed by atoms with E-state index in [2.05, 4.69) is 17.4 Å². The van der Waals surface area contributed by atoms with Crippen LogP contribution in [0.4, 0.5) is 0 Å². The van der Waals surface area contributed by atoms with Crippen LogP contribution >= 0.6 is 0 Å². The smallest absolute Gasteiger partial charge is 0.237 e. The molecule has 1 unspecified atom stereocenters. The second-order valence-electron chi connectivity index (χ2n) is 4.70. The molecule has 4 heteroatoms. The fourth-order valence-corrected chi connectivity index (χ4v) is 2.05. The summed E-state index contributed by atoms with van der Waals surface area (Å²) in [5, 5.41) is 2.93. The number of ether oxygens (including phenoxy) is 1. The molecule has 0 aromatic heterocycles. The van der Waals surface area contributed by atoms with Gasteiger partial charge in [-0.1, -0.05) is 30.3 Å². The normalized spacial score (nSPS) is 20.6. The summed E-state index contributed by atoms with van der Waals surface area (Å²) in [5.41, 5.74) is 7.10. The van der Waals surface area contributed by atoms with Crippen molar-refractivity contribution in [1.29, 1.82) is 0 Å². The van der Waals surface area contributed by atoms with Crippen molar-refractivity contribution in [2.45, 2.75) is 31.3 Å². The molecule has 0 saturated carbocycles. The topological polar surface area (TPSA) is 64.4 Å². The van der Waals surface area contributed by atoms with Crippen LogP contribution in [-0.2, 0) is 16.0 Å². The van der Waals surface area contributed by atoms with Crippen LogP contribution in [0.1, 0.15) is 18.4 Å². The van der Waals surface area contributed by atoms with Crippen molar-refractivity contribution in [2.24, 2.45) is 5.73 Å². The van der Waals surface area contributed by atoms with Crippen molar-refractivity contribution >= 4 is 5.91 Å². The third kappa shape index (κ3) is 3.82. The van der Waals surface area contributed by atoms with Gasteiger partial charge < -0.3 is 15.8 Å². The van der Waals surface area contributed by atoms with Gasteiger partial charge in [-0.05, 0) is 24.8 Å². The van der Waals surface area contributed by atoms with E-state index in [1.807, 2.05) is 18.2 Å². The number of hydrogen-bond acceptors (Lipinski definition) is 3. The first-order chi connectivity index (χ1) is 8.75. The van der Waals surface area contributed by atoms with E-state index in [-0.39, 0.29) is 11.9 Å². The molecule has 0 radical (unpaired) electrons. The lowest BCUT2D eigenvalue weighted by molar-refractivity contribution is -0.123. The minimum Gasteiger partial charge on any atom is -0.379 e. The van der Waals surface area contributed by atoms with Crippen molar-refractivity contribution in [1.82, 2.24) is 5.32 Å². The van der Waals surface area contributed by atoms with Gasteiger partial charge in [0.05, 0.1) is 18.7 Å². The van der Waals surface area contributed by atoms with Crippen molar-refractivity contribution in [2.75, 3.05) is 13.2 Å². The molecule has 1 aliphatic heterocycles. The Morgan fingerprint density at radius 3 is 2.89 bits per heavy atom. The fourth-order valence-electron chi connectivity index (χ4n) is 2.05. The van der Waals surface area contributed by atoms with Crippen molar-refractivity contribution in [3.8, 4) is 0 Å². The first kappa shape index (κ1) is 13.1. The third-order valence-corrected chi connectivity index (χ3v) is 3.20. The molecule has 0 spiro atoms. The largest absolute Gasteiger partial charge is 0.379 e. The number of hydrogen-bond donors (Lipinski definition) is 2. The van der Waals surface area contributed by atoms with Gasteiger partial charge in [0.1, 0.15) is 0 Å². The molecule has 2 rings (SSSR count). The molecule has 1 aromatic rings. The summed E-state index contributed by atoms with van der Waals surface area (Å²) in [6, 6.07) is 9.78. The molecule has 4 nitrogen and oxygen atoms in total. The van der Waals surface area contributed by atoms with Crippen molar-refractivity contribution in [3.63, 3.8) is 0 Å². The van der Waals surface area contributed by atoms with E-state index < -0.39 is 6.04 Å². The molecular weight excluding hydrogens is 228 g/mol. The molecule has 1 fully saturated rings. The zero-order valence-electron chi connectivity index (χ0n) is 10.5. The molecule has 3 N–H and O–H groups in total. The zero-order chi connectivity index (χ0) is 12.8. The standard InChI is InChI=1S/C14H20N2O2/c15-13(7-6-11-4-2-1-3-5-11)14(17)16-12-8-9-18-10-12/h1-5,12-13H,6-10,15H2,(H,16,17)/t12?,13-/m0/s1. The first-order valence-electron chi connectivity index (χ1n) is 6.43. The van der Waals surface area contributed by atoms with E-state index in [0.29, 0.717) is 13.0 Å². The second-order valence-corrected chi connectivity index (χ2v) is 4.70. The maximum absolute atomic E-state index is 11.8. The van der Waals surface area contributed by atoms with Crippen LogP contribution < -0.4 is 11.1 Å². The summed E-state index contributed by atoms with van der Waals surface area (Å²) < 4.78 is 5.21. The van der Waals surface area contributed by atoms with Gasteiger partial charge in [-0.2, -0.15) is 0 Å². The number of carbonyl (C=O) groups is 1. The highest BCUT2D eigenvalue weighted by Gasteiger charge is 2.21. The van der Waals surface area contributed by atoms with Crippen LogP contribution in [0.2, 0.25) is 0 Å². The molecular formula is C14H20N2O2. The molecule has 1 aromatic carbocycles. The average Bonchev–Trinajstić information content (AvgIpc) is 2.90. The average molecular weight is 248 g/mol. The molecule has 1 saturated heterocycles. The Labute approximate surface area is 108 Å². The Kier molecular flexibility index (Phi) is 4.73. The number of nitrogens with two attached hydrogens (primary N) is 1. The number of amides is 1. The zero-order valence-corrected chi connectivity index (χ0v) is 10.5. The molecule has 0 aliphatic carbocycles. The summed E-state index contributed by atoms with van der Waals surface area (Å²) in [4.78, 5) is 11.8. The van der Waals surface area contributed by atoms with Gasteiger partial charge in [0.25, 0.3) is 0 Å². The summed E-state index contributed by atoms with van der Waals surface area (Å²) in [6.45, 7) is 1.33. The van der Waals surface area contributed by atoms with Crippen LogP contribution in [0.3, 0.4) is 0 Å². The van der Waals surface area contributed by atoms with Crippen LogP contribution in [0, 0.1) is 0 Å². The van der Waals surface area contributed by atoms with E-state index in [9.17, 15) is 4.79 Å². The van der Waals surface area contributed by atoms with E-state index in [1.165, 1.54) is 5.56 Å². The number of nitrogens with one attached hydrogen (secondary N) is 1. The highest BCUT2D eigenvalue weighted by Crippen LogP contribution is 2.06. The molecule has 1 amide bonds. The lowest BCUT2D eigenvalue weighted by atomic mass is 10.1. The Hall–Kier alpha value is -1.39. The van der Waals surface area contributed by atoms with Gasteiger partial charge in [0, 0.05) is 6.61 Å². The fraction of sp³-hybridized carbons (Fsp3) is 0.500. The number of rotatable bonds is 5. The van der Waals surface area contributed by atoms with Crippen LogP contribution in [0.25, 0.3) is 0 Å². The Morgan fingerprint density at radius 1 is 1.44 bits per heavy atom. The number of benzene rings is 1. The SMILES string of the molecule is N[C@@H](CCc1ccccc1)C(=O)NC1CCOC1. The van der Waals surface area contributed by atoms with E-state index in [1.54, 1.807) is 0 Å². The van der Waals surface area contributed by atoms with E-state index >= 15 is 0 Å². The number of aryl methyl sites for hydroxylation is 1. The monoisotopic (exact) mass is 248 g/mol. The predicted octanol–water partition coefficient (Wildman–Crippen LogP) is 0.852. The Bertz CT molecular complexity index is 375. The van der Waals surface area contributed by atoms with Gasteiger partial charge in [-0.15, -0.1) is 0 Å². The second kappa shape index (κ2) is 6.52. The highest BCUT2D eigenvalue weighted by molar-refractivity contribution is 5.81. The molecule has 0 bridgehead atoms.